The number of hydrogen-bond donors (Lipinski definition) is 2. The van der Waals surface area contributed by atoms with E-state index in [9.17, 15) is 24.5 Å². The lowest BCUT2D eigenvalue weighted by Crippen LogP contribution is -2.50. The predicted octanol–water partition coefficient (Wildman–Crippen LogP) is 2.17. The zero-order chi connectivity index (χ0) is 24.3. The van der Waals surface area contributed by atoms with E-state index in [-0.39, 0.29) is 36.7 Å². The van der Waals surface area contributed by atoms with Crippen LogP contribution in [0.3, 0.4) is 0 Å². The first-order valence-electron chi connectivity index (χ1n) is 10.8. The Hall–Kier alpha value is -4.02. The number of nitrogens with one attached hydrogen (secondary N) is 1. The summed E-state index contributed by atoms with van der Waals surface area (Å²) < 4.78 is 20.4. The minimum absolute atomic E-state index is 0.178. The third kappa shape index (κ3) is 4.68. The van der Waals surface area contributed by atoms with Gasteiger partial charge in [0.2, 0.25) is 11.8 Å². The molecule has 4 rings (SSSR count). The van der Waals surface area contributed by atoms with Crippen LogP contribution >= 0.6 is 0 Å². The SMILES string of the molecule is N#Cc1cc(-c2ccnc(NC(=O)C3(C#N)CC3)c2)ccc1OC1CCN(C(=O)CO)CC1F. The van der Waals surface area contributed by atoms with E-state index < -0.39 is 30.2 Å². The number of nitrogens with zero attached hydrogens (tertiary/aromatic N) is 4. The zero-order valence-electron chi connectivity index (χ0n) is 18.2. The summed E-state index contributed by atoms with van der Waals surface area (Å²) in [6, 6.07) is 12.4. The average Bonchev–Trinajstić information content (AvgIpc) is 3.66. The first-order valence-corrected chi connectivity index (χ1v) is 10.8. The molecule has 1 aromatic heterocycles. The number of likely N-dealkylation sites (tertiary alicyclic amines) is 1. The number of carbonyl (C=O) groups excluding carboxylic acids is 2. The number of nitriles is 2. The van der Waals surface area contributed by atoms with Crippen LogP contribution in [0.25, 0.3) is 11.1 Å². The molecule has 2 fully saturated rings. The number of benzene rings is 1. The van der Waals surface area contributed by atoms with E-state index in [2.05, 4.69) is 16.4 Å². The number of carbonyl (C=O) groups is 2. The number of rotatable bonds is 6. The second-order valence-electron chi connectivity index (χ2n) is 8.36. The van der Waals surface area contributed by atoms with E-state index in [0.29, 0.717) is 29.8 Å². The van der Waals surface area contributed by atoms with Crippen molar-refractivity contribution in [3.05, 3.63) is 42.1 Å². The normalized spacial score (nSPS) is 20.5. The maximum absolute atomic E-state index is 14.6. The van der Waals surface area contributed by atoms with E-state index >= 15 is 0 Å². The smallest absolute Gasteiger partial charge is 0.248 e. The van der Waals surface area contributed by atoms with Gasteiger partial charge in [0.25, 0.3) is 0 Å². The number of ether oxygens (including phenoxy) is 1. The van der Waals surface area contributed by atoms with Gasteiger partial charge in [0.05, 0.1) is 18.2 Å². The molecule has 2 amide bonds. The molecule has 2 aliphatic rings. The topological polar surface area (TPSA) is 139 Å². The number of pyridine rings is 1. The van der Waals surface area contributed by atoms with Crippen molar-refractivity contribution in [2.45, 2.75) is 31.5 Å². The molecule has 1 saturated heterocycles. The molecule has 0 bridgehead atoms. The van der Waals surface area contributed by atoms with Crippen LogP contribution in [0.15, 0.2) is 36.5 Å². The second kappa shape index (κ2) is 9.46. The van der Waals surface area contributed by atoms with Gasteiger partial charge in [-0.15, -0.1) is 0 Å². The van der Waals surface area contributed by atoms with Gasteiger partial charge >= 0.3 is 0 Å². The lowest BCUT2D eigenvalue weighted by atomic mass is 10.0. The van der Waals surface area contributed by atoms with E-state index in [4.69, 9.17) is 9.84 Å². The fourth-order valence-electron chi connectivity index (χ4n) is 3.83. The van der Waals surface area contributed by atoms with Crippen LogP contribution in [0.4, 0.5) is 10.2 Å². The summed E-state index contributed by atoms with van der Waals surface area (Å²) in [5.41, 5.74) is 0.598. The molecule has 9 nitrogen and oxygen atoms in total. The van der Waals surface area contributed by atoms with Crippen LogP contribution in [0.5, 0.6) is 5.75 Å². The molecular weight excluding hydrogens is 441 g/mol. The maximum atomic E-state index is 14.6. The first kappa shape index (κ1) is 23.1. The summed E-state index contributed by atoms with van der Waals surface area (Å²) in [5.74, 6) is -0.384. The number of piperidine rings is 1. The van der Waals surface area contributed by atoms with Crippen LogP contribution in [0, 0.1) is 28.1 Å². The Kier molecular flexibility index (Phi) is 6.44. The Balaban J connectivity index is 1.48. The molecule has 1 aliphatic heterocycles. The highest BCUT2D eigenvalue weighted by Crippen LogP contribution is 2.45. The van der Waals surface area contributed by atoms with Gasteiger partial charge in [0, 0.05) is 19.2 Å². The van der Waals surface area contributed by atoms with Crippen LogP contribution < -0.4 is 10.1 Å². The van der Waals surface area contributed by atoms with Gasteiger partial charge < -0.3 is 20.1 Å². The molecule has 0 radical (unpaired) electrons. The van der Waals surface area contributed by atoms with E-state index in [1.807, 2.05) is 6.07 Å². The van der Waals surface area contributed by atoms with Crippen molar-refractivity contribution in [3.8, 4) is 29.0 Å². The minimum Gasteiger partial charge on any atom is -0.486 e. The fourth-order valence-corrected chi connectivity index (χ4v) is 3.83. The van der Waals surface area contributed by atoms with Crippen molar-refractivity contribution >= 4 is 17.6 Å². The van der Waals surface area contributed by atoms with Gasteiger partial charge in [-0.2, -0.15) is 10.5 Å². The number of aliphatic hydroxyl groups excluding tert-OH is 1. The third-order valence-corrected chi connectivity index (χ3v) is 6.08. The largest absolute Gasteiger partial charge is 0.486 e. The molecule has 2 aromatic rings. The molecule has 2 atom stereocenters. The summed E-state index contributed by atoms with van der Waals surface area (Å²) >= 11 is 0. The van der Waals surface area contributed by atoms with Crippen molar-refractivity contribution in [2.24, 2.45) is 5.41 Å². The number of aromatic nitrogens is 1. The summed E-state index contributed by atoms with van der Waals surface area (Å²) in [5, 5.41) is 30.4. The van der Waals surface area contributed by atoms with Crippen LogP contribution in [0.2, 0.25) is 0 Å². The van der Waals surface area contributed by atoms with Crippen LogP contribution in [-0.4, -0.2) is 58.8 Å². The lowest BCUT2D eigenvalue weighted by molar-refractivity contribution is -0.138. The molecule has 10 heteroatoms. The Morgan fingerprint density at radius 1 is 1.26 bits per heavy atom. The maximum Gasteiger partial charge on any atom is 0.248 e. The molecule has 0 spiro atoms. The molecule has 1 saturated carbocycles. The van der Waals surface area contributed by atoms with E-state index in [1.54, 1.807) is 30.3 Å². The highest BCUT2D eigenvalue weighted by Gasteiger charge is 2.50. The summed E-state index contributed by atoms with van der Waals surface area (Å²) in [6.45, 7) is -0.594. The number of hydrogen-bond acceptors (Lipinski definition) is 7. The van der Waals surface area contributed by atoms with E-state index in [1.165, 1.54) is 11.1 Å². The Bertz CT molecular complexity index is 1200. The standard InChI is InChI=1S/C24H22FN5O4/c25-18-12-30(22(32)13-31)8-4-20(18)34-19-2-1-15(9-17(19)11-26)16-3-7-28-21(10-16)29-23(33)24(14-27)5-6-24/h1-3,7,9-10,18,20,31H,4-6,8,12-13H2,(H,28,29,33). The van der Waals surface area contributed by atoms with Crippen molar-refractivity contribution in [3.63, 3.8) is 0 Å². The number of alkyl halides is 1. The van der Waals surface area contributed by atoms with Crippen molar-refractivity contribution in [1.82, 2.24) is 9.88 Å². The molecule has 1 aliphatic carbocycles. The number of halogens is 1. The zero-order valence-corrected chi connectivity index (χ0v) is 18.2. The van der Waals surface area contributed by atoms with Gasteiger partial charge in [0.1, 0.15) is 35.8 Å². The summed E-state index contributed by atoms with van der Waals surface area (Å²) in [4.78, 5) is 29.3. The monoisotopic (exact) mass is 463 g/mol. The fraction of sp³-hybridized carbons (Fsp3) is 0.375. The van der Waals surface area contributed by atoms with Crippen LogP contribution in [-0.2, 0) is 9.59 Å². The minimum atomic E-state index is -1.45. The third-order valence-electron chi connectivity index (χ3n) is 6.08. The molecule has 34 heavy (non-hydrogen) atoms. The van der Waals surface area contributed by atoms with Gasteiger partial charge in [-0.1, -0.05) is 6.07 Å². The molecule has 2 heterocycles. The highest BCUT2D eigenvalue weighted by molar-refractivity contribution is 5.98. The summed E-state index contributed by atoms with van der Waals surface area (Å²) in [7, 11) is 0. The Morgan fingerprint density at radius 2 is 2.03 bits per heavy atom. The highest BCUT2D eigenvalue weighted by atomic mass is 19.1. The van der Waals surface area contributed by atoms with Gasteiger partial charge in [-0.05, 0) is 48.2 Å². The van der Waals surface area contributed by atoms with E-state index in [0.717, 1.165) is 0 Å². The molecule has 174 valence electrons. The van der Waals surface area contributed by atoms with Crippen molar-refractivity contribution in [1.29, 1.82) is 10.5 Å². The molecular formula is C24H22FN5O4. The molecule has 1 aromatic carbocycles. The quantitative estimate of drug-likeness (QED) is 0.669. The Labute approximate surface area is 195 Å². The number of anilines is 1. The van der Waals surface area contributed by atoms with Crippen molar-refractivity contribution in [2.75, 3.05) is 25.0 Å². The number of aliphatic hydroxyl groups is 1. The molecule has 2 unspecified atom stereocenters. The molecule has 2 N–H and O–H groups in total. The second-order valence-corrected chi connectivity index (χ2v) is 8.36. The average molecular weight is 463 g/mol. The first-order chi connectivity index (χ1) is 16.4. The summed E-state index contributed by atoms with van der Waals surface area (Å²) in [6.07, 6.45) is 0.528. The predicted molar refractivity (Wildman–Crippen MR) is 118 cm³/mol. The Morgan fingerprint density at radius 3 is 2.68 bits per heavy atom. The number of amides is 2. The van der Waals surface area contributed by atoms with Gasteiger partial charge in [0.15, 0.2) is 6.17 Å². The lowest BCUT2D eigenvalue weighted by Gasteiger charge is -2.34. The van der Waals surface area contributed by atoms with Gasteiger partial charge in [-0.25, -0.2) is 9.37 Å². The van der Waals surface area contributed by atoms with Gasteiger partial charge in [-0.3, -0.25) is 9.59 Å². The van der Waals surface area contributed by atoms with Crippen LogP contribution in [0.1, 0.15) is 24.8 Å². The van der Waals surface area contributed by atoms with Crippen molar-refractivity contribution < 1.29 is 23.8 Å².